The van der Waals surface area contributed by atoms with Crippen molar-refractivity contribution in [2.24, 2.45) is 4.99 Å². The van der Waals surface area contributed by atoms with E-state index >= 15 is 0 Å². The molecule has 1 amide bonds. The number of carbonyl (C=O) groups excluding carboxylic acids is 1. The van der Waals surface area contributed by atoms with Crippen LogP contribution in [0, 0.1) is 0 Å². The Hall–Kier alpha value is -3.03. The molecule has 0 aliphatic rings. The molecular formula is C20H29N5O3. The van der Waals surface area contributed by atoms with Crippen molar-refractivity contribution >= 4 is 12.1 Å². The van der Waals surface area contributed by atoms with E-state index in [-0.39, 0.29) is 0 Å². The van der Waals surface area contributed by atoms with Crippen LogP contribution in [-0.2, 0) is 11.3 Å². The lowest BCUT2D eigenvalue weighted by atomic mass is 10.2. The summed E-state index contributed by atoms with van der Waals surface area (Å²) >= 11 is 0. The molecule has 0 saturated heterocycles. The van der Waals surface area contributed by atoms with E-state index in [0.717, 1.165) is 17.7 Å². The lowest BCUT2D eigenvalue weighted by molar-refractivity contribution is 0.0527. The highest BCUT2D eigenvalue weighted by Crippen LogP contribution is 2.17. The van der Waals surface area contributed by atoms with Crippen LogP contribution in [0.1, 0.15) is 32.9 Å². The van der Waals surface area contributed by atoms with Gasteiger partial charge in [-0.3, -0.25) is 4.99 Å². The molecule has 0 fully saturated rings. The van der Waals surface area contributed by atoms with Gasteiger partial charge in [-0.05, 0) is 39.3 Å². The van der Waals surface area contributed by atoms with E-state index in [1.807, 2.05) is 51.1 Å². The second-order valence-electron chi connectivity index (χ2n) is 7.14. The number of oxazole rings is 1. The second kappa shape index (κ2) is 10.3. The van der Waals surface area contributed by atoms with Gasteiger partial charge in [-0.1, -0.05) is 18.2 Å². The lowest BCUT2D eigenvalue weighted by Crippen LogP contribution is -2.39. The van der Waals surface area contributed by atoms with Gasteiger partial charge in [0.05, 0.1) is 12.2 Å². The van der Waals surface area contributed by atoms with Gasteiger partial charge >= 0.3 is 6.09 Å². The average Bonchev–Trinajstić information content (AvgIpc) is 3.12. The summed E-state index contributed by atoms with van der Waals surface area (Å²) in [7, 11) is 1.70. The van der Waals surface area contributed by atoms with Gasteiger partial charge in [0.15, 0.2) is 5.96 Å². The van der Waals surface area contributed by atoms with Crippen LogP contribution in [0.4, 0.5) is 4.79 Å². The fraction of sp³-hybridized carbons (Fsp3) is 0.450. The number of rotatable bonds is 7. The standard InChI is InChI=1S/C20H29N5O3/c1-20(2,3)28-19(26)23-12-8-11-22-18(21-4)24-13-16-14-27-17(25-16)15-9-6-5-7-10-15/h5-7,9-10,14H,8,11-13H2,1-4H3,(H,23,26)(H2,21,22,24). The molecule has 1 heterocycles. The third-order valence-corrected chi connectivity index (χ3v) is 3.55. The van der Waals surface area contributed by atoms with Crippen LogP contribution in [-0.4, -0.2) is 42.8 Å². The number of nitrogens with one attached hydrogen (secondary N) is 3. The molecule has 152 valence electrons. The quantitative estimate of drug-likeness (QED) is 0.384. The number of amides is 1. The minimum absolute atomic E-state index is 0.407. The molecule has 8 nitrogen and oxygen atoms in total. The van der Waals surface area contributed by atoms with E-state index in [1.165, 1.54) is 0 Å². The Balaban J connectivity index is 1.67. The molecule has 0 atom stereocenters. The minimum atomic E-state index is -0.490. The average molecular weight is 387 g/mol. The number of hydrogen-bond donors (Lipinski definition) is 3. The van der Waals surface area contributed by atoms with E-state index in [9.17, 15) is 4.79 Å². The van der Waals surface area contributed by atoms with Crippen LogP contribution < -0.4 is 16.0 Å². The normalized spacial score (nSPS) is 11.8. The summed E-state index contributed by atoms with van der Waals surface area (Å²) in [5.41, 5.74) is 1.23. The Morgan fingerprint density at radius 1 is 1.14 bits per heavy atom. The summed E-state index contributed by atoms with van der Waals surface area (Å²) in [5.74, 6) is 1.25. The molecule has 0 aliphatic carbocycles. The molecule has 0 saturated carbocycles. The van der Waals surface area contributed by atoms with E-state index < -0.39 is 11.7 Å². The first-order valence-electron chi connectivity index (χ1n) is 9.28. The smallest absolute Gasteiger partial charge is 0.407 e. The summed E-state index contributed by atoms with van der Waals surface area (Å²) < 4.78 is 10.7. The van der Waals surface area contributed by atoms with Gasteiger partial charge in [-0.25, -0.2) is 9.78 Å². The van der Waals surface area contributed by atoms with Crippen molar-refractivity contribution in [3.8, 4) is 11.5 Å². The summed E-state index contributed by atoms with van der Waals surface area (Å²) in [6, 6.07) is 9.75. The number of nitrogens with zero attached hydrogens (tertiary/aromatic N) is 2. The predicted molar refractivity (Wildman–Crippen MR) is 109 cm³/mol. The third-order valence-electron chi connectivity index (χ3n) is 3.55. The Morgan fingerprint density at radius 2 is 1.86 bits per heavy atom. The van der Waals surface area contributed by atoms with E-state index in [0.29, 0.717) is 31.5 Å². The maximum atomic E-state index is 11.6. The molecule has 28 heavy (non-hydrogen) atoms. The molecular weight excluding hydrogens is 358 g/mol. The lowest BCUT2D eigenvalue weighted by Gasteiger charge is -2.19. The Morgan fingerprint density at radius 3 is 2.54 bits per heavy atom. The fourth-order valence-electron chi connectivity index (χ4n) is 2.30. The van der Waals surface area contributed by atoms with Crippen LogP contribution in [0.3, 0.4) is 0 Å². The molecule has 2 rings (SSSR count). The number of aromatic nitrogens is 1. The first-order chi connectivity index (χ1) is 13.4. The van der Waals surface area contributed by atoms with Crippen LogP contribution in [0.15, 0.2) is 46.0 Å². The molecule has 1 aromatic carbocycles. The van der Waals surface area contributed by atoms with Gasteiger partial charge in [-0.15, -0.1) is 0 Å². The Labute approximate surface area is 165 Å². The fourth-order valence-corrected chi connectivity index (χ4v) is 2.30. The Bertz CT molecular complexity index is 766. The summed E-state index contributed by atoms with van der Waals surface area (Å²) in [5, 5.41) is 9.10. The number of guanidine groups is 1. The zero-order valence-corrected chi connectivity index (χ0v) is 16.9. The van der Waals surface area contributed by atoms with Crippen molar-refractivity contribution in [3.63, 3.8) is 0 Å². The molecule has 8 heteroatoms. The van der Waals surface area contributed by atoms with Crippen LogP contribution in [0.5, 0.6) is 0 Å². The molecule has 1 aromatic heterocycles. The van der Waals surface area contributed by atoms with Crippen molar-refractivity contribution in [1.82, 2.24) is 20.9 Å². The molecule has 0 unspecified atom stereocenters. The molecule has 2 aromatic rings. The largest absolute Gasteiger partial charge is 0.444 e. The maximum absolute atomic E-state index is 11.6. The number of benzene rings is 1. The van der Waals surface area contributed by atoms with Gasteiger partial charge in [0.1, 0.15) is 11.9 Å². The zero-order valence-electron chi connectivity index (χ0n) is 16.9. The van der Waals surface area contributed by atoms with Gasteiger partial charge in [0.25, 0.3) is 0 Å². The van der Waals surface area contributed by atoms with Crippen molar-refractivity contribution in [1.29, 1.82) is 0 Å². The first-order valence-corrected chi connectivity index (χ1v) is 9.28. The number of hydrogen-bond acceptors (Lipinski definition) is 5. The van der Waals surface area contributed by atoms with Crippen LogP contribution >= 0.6 is 0 Å². The van der Waals surface area contributed by atoms with E-state index in [2.05, 4.69) is 25.9 Å². The maximum Gasteiger partial charge on any atom is 0.407 e. The van der Waals surface area contributed by atoms with Crippen LogP contribution in [0.25, 0.3) is 11.5 Å². The molecule has 0 radical (unpaired) electrons. The van der Waals surface area contributed by atoms with Crippen molar-refractivity contribution in [3.05, 3.63) is 42.3 Å². The second-order valence-corrected chi connectivity index (χ2v) is 7.14. The Kier molecular flexibility index (Phi) is 7.86. The number of carbonyl (C=O) groups is 1. The highest BCUT2D eigenvalue weighted by molar-refractivity contribution is 5.79. The first kappa shape index (κ1) is 21.3. The minimum Gasteiger partial charge on any atom is -0.444 e. The van der Waals surface area contributed by atoms with Gasteiger partial charge in [0.2, 0.25) is 5.89 Å². The monoisotopic (exact) mass is 387 g/mol. The molecule has 0 spiro atoms. The van der Waals surface area contributed by atoms with Crippen LogP contribution in [0.2, 0.25) is 0 Å². The predicted octanol–water partition coefficient (Wildman–Crippen LogP) is 2.92. The summed E-state index contributed by atoms with van der Waals surface area (Å²) in [6.07, 6.45) is 1.96. The van der Waals surface area contributed by atoms with Gasteiger partial charge in [0, 0.05) is 25.7 Å². The van der Waals surface area contributed by atoms with E-state index in [1.54, 1.807) is 13.3 Å². The molecule has 0 bridgehead atoms. The zero-order chi connectivity index (χ0) is 20.4. The summed E-state index contributed by atoms with van der Waals surface area (Å²) in [4.78, 5) is 20.2. The van der Waals surface area contributed by atoms with E-state index in [4.69, 9.17) is 9.15 Å². The number of ether oxygens (including phenoxy) is 1. The highest BCUT2D eigenvalue weighted by Gasteiger charge is 2.15. The highest BCUT2D eigenvalue weighted by atomic mass is 16.6. The number of alkyl carbamates (subject to hydrolysis) is 1. The van der Waals surface area contributed by atoms with Crippen molar-refractivity contribution in [2.75, 3.05) is 20.1 Å². The summed E-state index contributed by atoms with van der Waals surface area (Å²) in [6.45, 7) is 7.17. The third kappa shape index (κ3) is 7.69. The van der Waals surface area contributed by atoms with Gasteiger partial charge < -0.3 is 25.1 Å². The van der Waals surface area contributed by atoms with Crippen molar-refractivity contribution < 1.29 is 13.9 Å². The number of aliphatic imine (C=N–C) groups is 1. The van der Waals surface area contributed by atoms with Gasteiger partial charge in [-0.2, -0.15) is 0 Å². The topological polar surface area (TPSA) is 101 Å². The SMILES string of the molecule is CN=C(NCCCNC(=O)OC(C)(C)C)NCc1coc(-c2ccccc2)n1. The van der Waals surface area contributed by atoms with Crippen molar-refractivity contribution in [2.45, 2.75) is 39.3 Å². The molecule has 0 aliphatic heterocycles. The molecule has 3 N–H and O–H groups in total.